The minimum atomic E-state index is -0.605. The lowest BCUT2D eigenvalue weighted by molar-refractivity contribution is -0.116. The topological polar surface area (TPSA) is 84.2 Å². The van der Waals surface area contributed by atoms with E-state index < -0.39 is 6.03 Å². The molecule has 22 heavy (non-hydrogen) atoms. The zero-order valence-electron chi connectivity index (χ0n) is 11.5. The second kappa shape index (κ2) is 7.77. The number of nitrogens with one attached hydrogen (secondary N) is 2. The Bertz CT molecular complexity index is 695. The Morgan fingerprint density at radius 2 is 1.91 bits per heavy atom. The molecular formula is C15H14BrN3O2S. The van der Waals surface area contributed by atoms with Crippen LogP contribution in [0.1, 0.15) is 10.4 Å². The van der Waals surface area contributed by atoms with E-state index in [0.29, 0.717) is 12.2 Å². The van der Waals surface area contributed by atoms with Crippen LogP contribution in [0, 0.1) is 0 Å². The van der Waals surface area contributed by atoms with E-state index >= 15 is 0 Å². The second-order valence-corrected chi connectivity index (χ2v) is 6.87. The number of rotatable bonds is 5. The van der Waals surface area contributed by atoms with Gasteiger partial charge in [0.1, 0.15) is 0 Å². The summed E-state index contributed by atoms with van der Waals surface area (Å²) in [4.78, 5) is 23.4. The van der Waals surface area contributed by atoms with Gasteiger partial charge in [-0.25, -0.2) is 4.79 Å². The van der Waals surface area contributed by atoms with E-state index in [1.165, 1.54) is 6.08 Å². The number of benzene rings is 1. The van der Waals surface area contributed by atoms with Crippen LogP contribution in [-0.4, -0.2) is 11.9 Å². The van der Waals surface area contributed by atoms with Crippen molar-refractivity contribution < 1.29 is 9.59 Å². The summed E-state index contributed by atoms with van der Waals surface area (Å²) in [6.07, 6.45) is 3.27. The first-order valence-electron chi connectivity index (χ1n) is 6.39. The predicted octanol–water partition coefficient (Wildman–Crippen LogP) is 3.33. The summed E-state index contributed by atoms with van der Waals surface area (Å²) < 4.78 is 1.03. The first-order chi connectivity index (χ1) is 10.5. The number of nitrogens with two attached hydrogens (primary N) is 1. The molecule has 3 amide bonds. The number of carbonyl (C=O) groups excluding carboxylic acids is 2. The van der Waals surface area contributed by atoms with Gasteiger partial charge in [-0.3, -0.25) is 4.79 Å². The third-order valence-electron chi connectivity index (χ3n) is 2.68. The van der Waals surface area contributed by atoms with Crippen LogP contribution in [0.3, 0.4) is 0 Å². The summed E-state index contributed by atoms with van der Waals surface area (Å²) in [6.45, 7) is 0.411. The van der Waals surface area contributed by atoms with Gasteiger partial charge in [-0.15, -0.1) is 11.3 Å². The van der Waals surface area contributed by atoms with Crippen LogP contribution in [0.4, 0.5) is 10.5 Å². The zero-order chi connectivity index (χ0) is 15.9. The van der Waals surface area contributed by atoms with E-state index in [0.717, 1.165) is 14.2 Å². The van der Waals surface area contributed by atoms with Crippen molar-refractivity contribution >= 4 is 51.0 Å². The van der Waals surface area contributed by atoms with Crippen molar-refractivity contribution in [2.24, 2.45) is 5.73 Å². The third-order valence-corrected chi connectivity index (χ3v) is 4.27. The summed E-state index contributed by atoms with van der Waals surface area (Å²) in [7, 11) is 0. The number of halogens is 1. The average molecular weight is 380 g/mol. The van der Waals surface area contributed by atoms with Crippen molar-refractivity contribution in [2.45, 2.75) is 6.54 Å². The van der Waals surface area contributed by atoms with Crippen molar-refractivity contribution in [3.8, 4) is 0 Å². The fourth-order valence-corrected chi connectivity index (χ4v) is 3.00. The van der Waals surface area contributed by atoms with Crippen LogP contribution in [0.25, 0.3) is 6.08 Å². The van der Waals surface area contributed by atoms with Gasteiger partial charge in [0.2, 0.25) is 5.91 Å². The van der Waals surface area contributed by atoms with Crippen molar-refractivity contribution in [2.75, 3.05) is 5.32 Å². The normalized spacial score (nSPS) is 10.6. The fraction of sp³-hybridized carbons (Fsp3) is 0.0667. The van der Waals surface area contributed by atoms with Crippen LogP contribution >= 0.6 is 27.3 Å². The van der Waals surface area contributed by atoms with E-state index in [-0.39, 0.29) is 5.91 Å². The Morgan fingerprint density at radius 3 is 2.50 bits per heavy atom. The third kappa shape index (κ3) is 5.34. The minimum Gasteiger partial charge on any atom is -0.351 e. The summed E-state index contributed by atoms with van der Waals surface area (Å²) in [5.41, 5.74) is 6.57. The lowest BCUT2D eigenvalue weighted by atomic mass is 10.2. The molecule has 1 aromatic heterocycles. The van der Waals surface area contributed by atoms with E-state index in [4.69, 9.17) is 5.73 Å². The molecule has 0 aliphatic heterocycles. The Hall–Kier alpha value is -2.12. The molecule has 1 aromatic carbocycles. The molecule has 0 saturated carbocycles. The van der Waals surface area contributed by atoms with E-state index in [2.05, 4.69) is 26.6 Å². The molecule has 0 aliphatic rings. The van der Waals surface area contributed by atoms with Crippen molar-refractivity contribution in [3.05, 3.63) is 56.7 Å². The number of amides is 3. The zero-order valence-corrected chi connectivity index (χ0v) is 13.9. The van der Waals surface area contributed by atoms with Gasteiger partial charge in [-0.05, 0) is 51.8 Å². The maximum atomic E-state index is 11.7. The minimum absolute atomic E-state index is 0.163. The lowest BCUT2D eigenvalue weighted by Crippen LogP contribution is -2.20. The maximum absolute atomic E-state index is 11.7. The van der Waals surface area contributed by atoms with Crippen LogP contribution in [0.5, 0.6) is 0 Å². The highest BCUT2D eigenvalue weighted by molar-refractivity contribution is 9.11. The molecule has 0 fully saturated rings. The number of hydrogen-bond acceptors (Lipinski definition) is 3. The van der Waals surface area contributed by atoms with Crippen molar-refractivity contribution in [3.63, 3.8) is 0 Å². The molecule has 1 heterocycles. The van der Waals surface area contributed by atoms with Gasteiger partial charge in [0, 0.05) is 23.2 Å². The Morgan fingerprint density at radius 1 is 1.18 bits per heavy atom. The molecule has 2 aromatic rings. The molecule has 0 spiro atoms. The van der Waals surface area contributed by atoms with Crippen LogP contribution < -0.4 is 16.4 Å². The van der Waals surface area contributed by atoms with Crippen LogP contribution in [0.15, 0.2) is 46.3 Å². The Labute approximate surface area is 140 Å². The number of anilines is 1. The molecule has 0 bridgehead atoms. The van der Waals surface area contributed by atoms with E-state index in [1.54, 1.807) is 29.5 Å². The monoisotopic (exact) mass is 379 g/mol. The average Bonchev–Trinajstić information content (AvgIpc) is 2.89. The highest BCUT2D eigenvalue weighted by Gasteiger charge is 2.00. The number of hydrogen-bond donors (Lipinski definition) is 3. The molecule has 0 aliphatic carbocycles. The molecule has 114 valence electrons. The second-order valence-electron chi connectivity index (χ2n) is 4.38. The van der Waals surface area contributed by atoms with Crippen molar-refractivity contribution in [1.29, 1.82) is 0 Å². The number of primary amides is 1. The van der Waals surface area contributed by atoms with Gasteiger partial charge < -0.3 is 16.4 Å². The summed E-state index contributed by atoms with van der Waals surface area (Å²) in [6, 6.07) is 10.3. The number of carbonyl (C=O) groups is 2. The van der Waals surface area contributed by atoms with Crippen molar-refractivity contribution in [1.82, 2.24) is 5.32 Å². The van der Waals surface area contributed by atoms with Gasteiger partial charge in [0.15, 0.2) is 0 Å². The Balaban J connectivity index is 1.83. The predicted molar refractivity (Wildman–Crippen MR) is 92.5 cm³/mol. The van der Waals surface area contributed by atoms with Crippen LogP contribution in [0.2, 0.25) is 0 Å². The van der Waals surface area contributed by atoms with E-state index in [9.17, 15) is 9.59 Å². The number of thiophene rings is 1. The molecule has 0 atom stereocenters. The molecule has 0 saturated heterocycles. The fourth-order valence-electron chi connectivity index (χ4n) is 1.67. The quantitative estimate of drug-likeness (QED) is 0.696. The maximum Gasteiger partial charge on any atom is 0.316 e. The standard InChI is InChI=1S/C15H14BrN3O2S/c16-13-7-5-12(22-13)6-8-14(20)18-9-10-1-3-11(4-2-10)19-15(17)21/h1-8H,9H2,(H,18,20)(H3,17,19,21)/b8-6+. The van der Waals surface area contributed by atoms with Crippen LogP contribution in [-0.2, 0) is 11.3 Å². The highest BCUT2D eigenvalue weighted by Crippen LogP contribution is 2.22. The first-order valence-corrected chi connectivity index (χ1v) is 8.00. The van der Waals surface area contributed by atoms with Gasteiger partial charge in [0.05, 0.1) is 3.79 Å². The summed E-state index contributed by atoms with van der Waals surface area (Å²) >= 11 is 4.93. The highest BCUT2D eigenvalue weighted by atomic mass is 79.9. The number of urea groups is 1. The van der Waals surface area contributed by atoms with Gasteiger partial charge in [0.25, 0.3) is 0 Å². The van der Waals surface area contributed by atoms with E-state index in [1.807, 2.05) is 24.3 Å². The largest absolute Gasteiger partial charge is 0.351 e. The van der Waals surface area contributed by atoms with Gasteiger partial charge in [-0.2, -0.15) is 0 Å². The molecule has 2 rings (SSSR count). The molecular weight excluding hydrogens is 366 g/mol. The van der Waals surface area contributed by atoms with Gasteiger partial charge in [-0.1, -0.05) is 12.1 Å². The summed E-state index contributed by atoms with van der Waals surface area (Å²) in [5, 5.41) is 5.27. The molecule has 4 N–H and O–H groups in total. The molecule has 0 radical (unpaired) electrons. The Kier molecular flexibility index (Phi) is 5.74. The lowest BCUT2D eigenvalue weighted by Gasteiger charge is -2.05. The molecule has 5 nitrogen and oxygen atoms in total. The smallest absolute Gasteiger partial charge is 0.316 e. The molecule has 7 heteroatoms. The van der Waals surface area contributed by atoms with Gasteiger partial charge >= 0.3 is 6.03 Å². The first kappa shape index (κ1) is 16.3. The SMILES string of the molecule is NC(=O)Nc1ccc(CNC(=O)/C=C/c2ccc(Br)s2)cc1. The molecule has 0 unspecified atom stereocenters. The summed E-state index contributed by atoms with van der Waals surface area (Å²) in [5.74, 6) is -0.163.